The molecular weight excluding hydrogens is 474 g/mol. The van der Waals surface area contributed by atoms with Crippen molar-refractivity contribution in [3.05, 3.63) is 59.3 Å². The second kappa shape index (κ2) is 13.6. The van der Waals surface area contributed by atoms with Crippen LogP contribution in [-0.2, 0) is 27.2 Å². The lowest BCUT2D eigenvalue weighted by atomic mass is 10.0. The van der Waals surface area contributed by atoms with Crippen molar-refractivity contribution < 1.29 is 50.2 Å². The summed E-state index contributed by atoms with van der Waals surface area (Å²) in [6, 6.07) is 3.86. The zero-order chi connectivity index (χ0) is 25.9. The van der Waals surface area contributed by atoms with Crippen LogP contribution in [-0.4, -0.2) is 49.0 Å². The lowest BCUT2D eigenvalue weighted by Crippen LogP contribution is -2.40. The zero-order valence-corrected chi connectivity index (χ0v) is 18.0. The smallest absolute Gasteiger partial charge is 0.475 e. The molecule has 0 aliphatic heterocycles. The normalized spacial score (nSPS) is 12.9. The van der Waals surface area contributed by atoms with E-state index in [1.54, 1.807) is 19.4 Å². The Morgan fingerprint density at radius 1 is 1.15 bits per heavy atom. The van der Waals surface area contributed by atoms with Gasteiger partial charge in [-0.1, -0.05) is 0 Å². The quantitative estimate of drug-likeness (QED) is 0.342. The summed E-state index contributed by atoms with van der Waals surface area (Å²) >= 11 is 0. The minimum Gasteiger partial charge on any atom is -0.475 e. The van der Waals surface area contributed by atoms with Crippen molar-refractivity contribution in [1.82, 2.24) is 5.32 Å². The molecule has 34 heavy (non-hydrogen) atoms. The van der Waals surface area contributed by atoms with Gasteiger partial charge in [0.1, 0.15) is 11.6 Å². The van der Waals surface area contributed by atoms with Gasteiger partial charge in [-0.2, -0.15) is 13.2 Å². The number of nitrogens with two attached hydrogens (primary N) is 1. The minimum absolute atomic E-state index is 0.0688. The van der Waals surface area contributed by atoms with E-state index in [1.807, 2.05) is 6.07 Å². The first-order valence-electron chi connectivity index (χ1n) is 9.83. The maximum absolute atomic E-state index is 13.7. The molecule has 0 fully saturated rings. The molecule has 7 nitrogen and oxygen atoms in total. The highest BCUT2D eigenvalue weighted by atomic mass is 19.4. The molecule has 0 bridgehead atoms. The molecule has 2 aromatic rings. The number of hydrogen-bond donors (Lipinski definition) is 3. The number of carboxylic acids is 1. The van der Waals surface area contributed by atoms with Crippen molar-refractivity contribution in [2.24, 2.45) is 5.73 Å². The maximum Gasteiger partial charge on any atom is 0.490 e. The van der Waals surface area contributed by atoms with Crippen LogP contribution < -0.4 is 11.1 Å². The van der Waals surface area contributed by atoms with E-state index < -0.39 is 35.6 Å². The van der Waals surface area contributed by atoms with Crippen LogP contribution in [0.25, 0.3) is 0 Å². The van der Waals surface area contributed by atoms with E-state index in [0.717, 1.165) is 11.8 Å². The molecule has 0 spiro atoms. The van der Waals surface area contributed by atoms with Gasteiger partial charge in [0.2, 0.25) is 5.91 Å². The van der Waals surface area contributed by atoms with Crippen LogP contribution in [0.3, 0.4) is 0 Å². The average molecular weight is 498 g/mol. The highest BCUT2D eigenvalue weighted by Crippen LogP contribution is 2.16. The van der Waals surface area contributed by atoms with Crippen LogP contribution in [0.15, 0.2) is 34.9 Å². The van der Waals surface area contributed by atoms with Crippen molar-refractivity contribution in [2.45, 2.75) is 43.9 Å². The van der Waals surface area contributed by atoms with Gasteiger partial charge in [-0.05, 0) is 36.6 Å². The van der Waals surface area contributed by atoms with Crippen molar-refractivity contribution in [3.8, 4) is 0 Å². The Balaban J connectivity index is 0.000000718. The van der Waals surface area contributed by atoms with E-state index in [9.17, 15) is 31.1 Å². The topological polar surface area (TPSA) is 115 Å². The summed E-state index contributed by atoms with van der Waals surface area (Å²) in [5, 5.41) is 9.98. The molecule has 1 heterocycles. The first-order valence-corrected chi connectivity index (χ1v) is 9.83. The molecular formula is C21H24F6N2O5. The number of carboxylic acid groups (broad SMARTS) is 1. The number of rotatable bonds is 10. The Hall–Kier alpha value is -3.06. The second-order valence-corrected chi connectivity index (χ2v) is 7.16. The Morgan fingerprint density at radius 3 is 2.29 bits per heavy atom. The van der Waals surface area contributed by atoms with Gasteiger partial charge in [-0.15, -0.1) is 0 Å². The van der Waals surface area contributed by atoms with Gasteiger partial charge in [-0.25, -0.2) is 18.0 Å². The SMILES string of the molecule is COCCC(Cc1ccco1)NC(=O)C[C@H](N)Cc1cc(F)c(F)cc1F.O=C(O)C(F)(F)F. The molecule has 1 aromatic heterocycles. The number of halogens is 6. The molecule has 190 valence electrons. The largest absolute Gasteiger partial charge is 0.490 e. The fraction of sp³-hybridized carbons (Fsp3) is 0.429. The van der Waals surface area contributed by atoms with E-state index in [1.165, 1.54) is 0 Å². The van der Waals surface area contributed by atoms with Crippen LogP contribution in [0.2, 0.25) is 0 Å². The number of benzene rings is 1. The Morgan fingerprint density at radius 2 is 1.76 bits per heavy atom. The van der Waals surface area contributed by atoms with E-state index in [-0.39, 0.29) is 30.4 Å². The van der Waals surface area contributed by atoms with Crippen LogP contribution in [0, 0.1) is 17.5 Å². The van der Waals surface area contributed by atoms with Crippen LogP contribution >= 0.6 is 0 Å². The standard InChI is InChI=1S/C19H23F3N2O3.C2HF3O2/c1-26-6-4-14(10-15-3-2-5-27-15)24-19(25)9-13(23)7-12-8-17(21)18(22)11-16(12)20;3-2(4,5)1(6)7/h2-3,5,8,11,13-14H,4,6-7,9-10,23H2,1H3,(H,24,25);(H,6,7)/t13-,14?;/m1./s1. The minimum atomic E-state index is -5.08. The molecule has 0 radical (unpaired) electrons. The number of methoxy groups -OCH3 is 1. The molecule has 4 N–H and O–H groups in total. The Labute approximate surface area is 190 Å². The monoisotopic (exact) mass is 498 g/mol. The number of nitrogens with one attached hydrogen (secondary N) is 1. The molecule has 1 amide bonds. The number of furan rings is 1. The van der Waals surface area contributed by atoms with Crippen molar-refractivity contribution in [2.75, 3.05) is 13.7 Å². The summed E-state index contributed by atoms with van der Waals surface area (Å²) in [6.45, 7) is 0.456. The predicted octanol–water partition coefficient (Wildman–Crippen LogP) is 3.35. The summed E-state index contributed by atoms with van der Waals surface area (Å²) in [5.41, 5.74) is 5.82. The van der Waals surface area contributed by atoms with Gasteiger partial charge in [0.15, 0.2) is 11.6 Å². The summed E-state index contributed by atoms with van der Waals surface area (Å²) < 4.78 is 82.0. The maximum atomic E-state index is 13.7. The number of carbonyl (C=O) groups is 2. The highest BCUT2D eigenvalue weighted by molar-refractivity contribution is 5.77. The number of hydrogen-bond acceptors (Lipinski definition) is 5. The number of alkyl halides is 3. The molecule has 2 rings (SSSR count). The van der Waals surface area contributed by atoms with Gasteiger partial charge < -0.3 is 25.3 Å². The average Bonchev–Trinajstić information content (AvgIpc) is 3.23. The van der Waals surface area contributed by atoms with Crippen molar-refractivity contribution >= 4 is 11.9 Å². The first-order chi connectivity index (χ1) is 15.8. The highest BCUT2D eigenvalue weighted by Gasteiger charge is 2.38. The van der Waals surface area contributed by atoms with E-state index in [0.29, 0.717) is 25.5 Å². The summed E-state index contributed by atoms with van der Waals surface area (Å²) in [5.74, 6) is -5.65. The van der Waals surface area contributed by atoms with E-state index >= 15 is 0 Å². The Kier molecular flexibility index (Phi) is 11.6. The molecule has 2 atom stereocenters. The number of aliphatic carboxylic acids is 1. The van der Waals surface area contributed by atoms with Gasteiger partial charge in [-0.3, -0.25) is 4.79 Å². The lowest BCUT2D eigenvalue weighted by molar-refractivity contribution is -0.192. The fourth-order valence-corrected chi connectivity index (χ4v) is 2.76. The molecule has 0 aliphatic rings. The molecule has 0 saturated carbocycles. The van der Waals surface area contributed by atoms with Gasteiger partial charge in [0, 0.05) is 44.7 Å². The molecule has 13 heteroatoms. The molecule has 1 unspecified atom stereocenters. The molecule has 1 aromatic carbocycles. The number of ether oxygens (including phenoxy) is 1. The van der Waals surface area contributed by atoms with Crippen molar-refractivity contribution in [1.29, 1.82) is 0 Å². The molecule has 0 saturated heterocycles. The summed E-state index contributed by atoms with van der Waals surface area (Å²) in [7, 11) is 1.57. The van der Waals surface area contributed by atoms with Gasteiger partial charge in [0.05, 0.1) is 6.26 Å². The third-order valence-corrected chi connectivity index (χ3v) is 4.32. The third kappa shape index (κ3) is 10.7. The van der Waals surface area contributed by atoms with Gasteiger partial charge in [0.25, 0.3) is 0 Å². The predicted molar refractivity (Wildman–Crippen MR) is 107 cm³/mol. The first kappa shape index (κ1) is 29.0. The molecule has 0 aliphatic carbocycles. The van der Waals surface area contributed by atoms with Gasteiger partial charge >= 0.3 is 12.1 Å². The summed E-state index contributed by atoms with van der Waals surface area (Å²) in [4.78, 5) is 21.2. The zero-order valence-electron chi connectivity index (χ0n) is 18.0. The van der Waals surface area contributed by atoms with Crippen molar-refractivity contribution in [3.63, 3.8) is 0 Å². The van der Waals surface area contributed by atoms with Crippen LogP contribution in [0.1, 0.15) is 24.2 Å². The fourth-order valence-electron chi connectivity index (χ4n) is 2.76. The van der Waals surface area contributed by atoms with E-state index in [2.05, 4.69) is 5.32 Å². The number of amides is 1. The number of carbonyl (C=O) groups excluding carboxylic acids is 1. The van der Waals surface area contributed by atoms with E-state index in [4.69, 9.17) is 24.8 Å². The second-order valence-electron chi connectivity index (χ2n) is 7.16. The van der Waals surface area contributed by atoms with Crippen LogP contribution in [0.5, 0.6) is 0 Å². The lowest BCUT2D eigenvalue weighted by Gasteiger charge is -2.19. The third-order valence-electron chi connectivity index (χ3n) is 4.32. The summed E-state index contributed by atoms with van der Waals surface area (Å²) in [6.07, 6.45) is -2.63. The van der Waals surface area contributed by atoms with Crippen LogP contribution in [0.4, 0.5) is 26.3 Å². The Bertz CT molecular complexity index is 921.